The molecule has 1 aliphatic rings. The molecule has 0 saturated carbocycles. The lowest BCUT2D eigenvalue weighted by molar-refractivity contribution is -0.139. The Morgan fingerprint density at radius 3 is 2.72 bits per heavy atom. The van der Waals surface area contributed by atoms with Gasteiger partial charge in [-0.15, -0.1) is 0 Å². The first-order chi connectivity index (χ1) is 8.65. The van der Waals surface area contributed by atoms with Crippen molar-refractivity contribution < 1.29 is 9.53 Å². The number of rotatable bonds is 4. The van der Waals surface area contributed by atoms with Crippen molar-refractivity contribution in [2.75, 3.05) is 13.1 Å². The van der Waals surface area contributed by atoms with Gasteiger partial charge in [0.15, 0.2) is 5.78 Å². The zero-order valence-corrected chi connectivity index (χ0v) is 11.1. The number of ether oxygens (including phenoxy) is 1. The highest BCUT2D eigenvalue weighted by Crippen LogP contribution is 2.14. The molecule has 0 amide bonds. The average Bonchev–Trinajstić information content (AvgIpc) is 2.34. The molecule has 1 heterocycles. The van der Waals surface area contributed by atoms with Crippen molar-refractivity contribution in [2.45, 2.75) is 39.0 Å². The van der Waals surface area contributed by atoms with Gasteiger partial charge >= 0.3 is 0 Å². The summed E-state index contributed by atoms with van der Waals surface area (Å²) in [7, 11) is 0. The largest absolute Gasteiger partial charge is 0.366 e. The number of likely N-dealkylation sites (tertiary alicyclic amines) is 1. The van der Waals surface area contributed by atoms with Gasteiger partial charge in [-0.3, -0.25) is 9.69 Å². The maximum atomic E-state index is 11.8. The lowest BCUT2D eigenvalue weighted by Crippen LogP contribution is -2.46. The van der Waals surface area contributed by atoms with Crippen LogP contribution in [0.5, 0.6) is 0 Å². The predicted molar refractivity (Wildman–Crippen MR) is 71.4 cm³/mol. The molecular formula is C15H21NO2. The third-order valence-corrected chi connectivity index (χ3v) is 3.14. The monoisotopic (exact) mass is 247 g/mol. The van der Waals surface area contributed by atoms with Gasteiger partial charge in [0, 0.05) is 26.1 Å². The average molecular weight is 247 g/mol. The van der Waals surface area contributed by atoms with Crippen LogP contribution in [0.25, 0.3) is 0 Å². The second-order valence-electron chi connectivity index (χ2n) is 5.11. The van der Waals surface area contributed by atoms with E-state index in [1.807, 2.05) is 32.0 Å². The van der Waals surface area contributed by atoms with Crippen LogP contribution in [0.15, 0.2) is 30.3 Å². The highest BCUT2D eigenvalue weighted by Gasteiger charge is 2.28. The van der Waals surface area contributed by atoms with Crippen LogP contribution in [0.4, 0.5) is 0 Å². The smallest absolute Gasteiger partial charge is 0.164 e. The zero-order chi connectivity index (χ0) is 13.0. The van der Waals surface area contributed by atoms with Gasteiger partial charge < -0.3 is 4.74 Å². The minimum atomic E-state index is -0.248. The Balaban J connectivity index is 1.93. The molecule has 0 aliphatic carbocycles. The number of hydrogen-bond acceptors (Lipinski definition) is 3. The fourth-order valence-corrected chi connectivity index (χ4v) is 2.29. The second-order valence-corrected chi connectivity index (χ2v) is 5.11. The number of benzene rings is 1. The zero-order valence-electron chi connectivity index (χ0n) is 11.1. The van der Waals surface area contributed by atoms with E-state index >= 15 is 0 Å². The van der Waals surface area contributed by atoms with Crippen molar-refractivity contribution in [3.63, 3.8) is 0 Å². The molecule has 1 aromatic carbocycles. The van der Waals surface area contributed by atoms with Gasteiger partial charge in [0.05, 0.1) is 6.10 Å². The van der Waals surface area contributed by atoms with E-state index in [0.29, 0.717) is 13.0 Å². The molecule has 3 nitrogen and oxygen atoms in total. The quantitative estimate of drug-likeness (QED) is 0.817. The van der Waals surface area contributed by atoms with Crippen LogP contribution in [0.2, 0.25) is 0 Å². The van der Waals surface area contributed by atoms with E-state index in [2.05, 4.69) is 17.0 Å². The van der Waals surface area contributed by atoms with Crippen LogP contribution in [0.1, 0.15) is 25.8 Å². The van der Waals surface area contributed by atoms with Crippen molar-refractivity contribution in [1.29, 1.82) is 0 Å². The maximum Gasteiger partial charge on any atom is 0.164 e. The molecule has 0 radical (unpaired) electrons. The predicted octanol–water partition coefficient (Wildman–Crippen LogP) is 2.25. The van der Waals surface area contributed by atoms with E-state index in [-0.39, 0.29) is 18.0 Å². The molecule has 3 heteroatoms. The van der Waals surface area contributed by atoms with E-state index in [1.165, 1.54) is 5.56 Å². The molecule has 2 rings (SSSR count). The standard InChI is InChI=1S/C15H21NO2/c1-12(2)18-15-11-16(9-8-14(15)17)10-13-6-4-3-5-7-13/h3-7,12,15H,8-11H2,1-2H3. The summed E-state index contributed by atoms with van der Waals surface area (Å²) in [4.78, 5) is 14.1. The molecule has 1 atom stereocenters. The van der Waals surface area contributed by atoms with Gasteiger partial charge in [-0.25, -0.2) is 0 Å². The van der Waals surface area contributed by atoms with Gasteiger partial charge in [0.2, 0.25) is 0 Å². The Morgan fingerprint density at radius 1 is 1.33 bits per heavy atom. The molecule has 1 saturated heterocycles. The van der Waals surface area contributed by atoms with Gasteiger partial charge in [-0.05, 0) is 19.4 Å². The van der Waals surface area contributed by atoms with Crippen LogP contribution in [0, 0.1) is 0 Å². The number of ketones is 1. The highest BCUT2D eigenvalue weighted by molar-refractivity contribution is 5.84. The summed E-state index contributed by atoms with van der Waals surface area (Å²) >= 11 is 0. The van der Waals surface area contributed by atoms with E-state index < -0.39 is 0 Å². The van der Waals surface area contributed by atoms with Gasteiger partial charge in [0.1, 0.15) is 6.10 Å². The number of hydrogen-bond donors (Lipinski definition) is 0. The molecule has 0 bridgehead atoms. The molecule has 1 aliphatic heterocycles. The second kappa shape index (κ2) is 6.12. The minimum absolute atomic E-state index is 0.107. The normalized spacial score (nSPS) is 21.5. The van der Waals surface area contributed by atoms with Crippen molar-refractivity contribution in [2.24, 2.45) is 0 Å². The number of carbonyl (C=O) groups excluding carboxylic acids is 1. The SMILES string of the molecule is CC(C)OC1CN(Cc2ccccc2)CCC1=O. The number of nitrogens with zero attached hydrogens (tertiary/aromatic N) is 1. The third-order valence-electron chi connectivity index (χ3n) is 3.14. The number of Topliss-reactive ketones (excluding diaryl/α,β-unsaturated/α-hetero) is 1. The van der Waals surface area contributed by atoms with Crippen LogP contribution in [-0.2, 0) is 16.1 Å². The van der Waals surface area contributed by atoms with E-state index in [1.54, 1.807) is 0 Å². The molecule has 1 fully saturated rings. The summed E-state index contributed by atoms with van der Waals surface area (Å²) in [5.74, 6) is 0.244. The molecular weight excluding hydrogens is 226 g/mol. The summed E-state index contributed by atoms with van der Waals surface area (Å²) in [6.45, 7) is 6.40. The molecule has 0 spiro atoms. The summed E-state index contributed by atoms with van der Waals surface area (Å²) < 4.78 is 5.68. The topological polar surface area (TPSA) is 29.5 Å². The third kappa shape index (κ3) is 3.65. The molecule has 98 valence electrons. The molecule has 1 aromatic rings. The number of piperidine rings is 1. The Morgan fingerprint density at radius 2 is 2.06 bits per heavy atom. The molecule has 0 N–H and O–H groups in total. The summed E-state index contributed by atoms with van der Waals surface area (Å²) in [5.41, 5.74) is 1.29. The molecule has 1 unspecified atom stereocenters. The Labute approximate surface area is 109 Å². The van der Waals surface area contributed by atoms with Crippen molar-refractivity contribution >= 4 is 5.78 Å². The van der Waals surface area contributed by atoms with Crippen LogP contribution < -0.4 is 0 Å². The summed E-state index contributed by atoms with van der Waals surface area (Å²) in [6.07, 6.45) is 0.461. The molecule has 0 aromatic heterocycles. The first-order valence-corrected chi connectivity index (χ1v) is 6.59. The van der Waals surface area contributed by atoms with Crippen molar-refractivity contribution in [3.8, 4) is 0 Å². The van der Waals surface area contributed by atoms with Crippen molar-refractivity contribution in [1.82, 2.24) is 4.90 Å². The first kappa shape index (κ1) is 13.2. The fourth-order valence-electron chi connectivity index (χ4n) is 2.29. The lowest BCUT2D eigenvalue weighted by atomic mass is 10.1. The summed E-state index contributed by atoms with van der Waals surface area (Å²) in [5, 5.41) is 0. The Hall–Kier alpha value is -1.19. The van der Waals surface area contributed by atoms with Gasteiger partial charge in [-0.2, -0.15) is 0 Å². The minimum Gasteiger partial charge on any atom is -0.366 e. The highest BCUT2D eigenvalue weighted by atomic mass is 16.5. The van der Waals surface area contributed by atoms with Gasteiger partial charge in [0.25, 0.3) is 0 Å². The fraction of sp³-hybridized carbons (Fsp3) is 0.533. The first-order valence-electron chi connectivity index (χ1n) is 6.59. The van der Waals surface area contributed by atoms with Crippen molar-refractivity contribution in [3.05, 3.63) is 35.9 Å². The van der Waals surface area contributed by atoms with Crippen LogP contribution in [0.3, 0.4) is 0 Å². The Bertz CT molecular complexity index is 389. The van der Waals surface area contributed by atoms with E-state index in [9.17, 15) is 4.79 Å². The number of carbonyl (C=O) groups is 1. The van der Waals surface area contributed by atoms with Crippen LogP contribution >= 0.6 is 0 Å². The van der Waals surface area contributed by atoms with E-state index in [4.69, 9.17) is 4.74 Å². The lowest BCUT2D eigenvalue weighted by Gasteiger charge is -2.32. The van der Waals surface area contributed by atoms with Crippen LogP contribution in [-0.4, -0.2) is 36.0 Å². The maximum absolute atomic E-state index is 11.8. The Kier molecular flexibility index (Phi) is 4.50. The van der Waals surface area contributed by atoms with Gasteiger partial charge in [-0.1, -0.05) is 30.3 Å². The molecule has 18 heavy (non-hydrogen) atoms. The summed E-state index contributed by atoms with van der Waals surface area (Å²) in [6, 6.07) is 10.4. The van der Waals surface area contributed by atoms with E-state index in [0.717, 1.165) is 13.1 Å².